The molecule has 5 nitrogen and oxygen atoms in total. The summed E-state index contributed by atoms with van der Waals surface area (Å²) in [6.45, 7) is 4.36. The van der Waals surface area contributed by atoms with E-state index < -0.39 is 9.84 Å². The minimum Gasteiger partial charge on any atom is -0.396 e. The first-order chi connectivity index (χ1) is 8.97. The Labute approximate surface area is 118 Å². The standard InChI is InChI=1S/C12H19N3O2S2/c1-3-5-6-7-15-12-11(19(16,17)4-2)10(14)9(8-13)18-12/h15H,3-7,14H2,1-2H3. The molecule has 0 atom stereocenters. The van der Waals surface area contributed by atoms with E-state index in [9.17, 15) is 8.42 Å². The van der Waals surface area contributed by atoms with Crippen LogP contribution in [0.3, 0.4) is 0 Å². The molecular weight excluding hydrogens is 282 g/mol. The summed E-state index contributed by atoms with van der Waals surface area (Å²) in [6, 6.07) is 1.94. The number of nitriles is 1. The van der Waals surface area contributed by atoms with Crippen molar-refractivity contribution in [3.05, 3.63) is 4.88 Å². The van der Waals surface area contributed by atoms with Gasteiger partial charge in [0.05, 0.1) is 11.4 Å². The normalized spacial score (nSPS) is 11.2. The van der Waals surface area contributed by atoms with Crippen molar-refractivity contribution in [3.63, 3.8) is 0 Å². The number of unbranched alkanes of at least 4 members (excludes halogenated alkanes) is 2. The number of rotatable bonds is 7. The third-order valence-electron chi connectivity index (χ3n) is 2.76. The number of anilines is 2. The highest BCUT2D eigenvalue weighted by molar-refractivity contribution is 7.91. The zero-order chi connectivity index (χ0) is 14.5. The smallest absolute Gasteiger partial charge is 0.183 e. The summed E-state index contributed by atoms with van der Waals surface area (Å²) in [7, 11) is -3.42. The first kappa shape index (κ1) is 15.8. The van der Waals surface area contributed by atoms with Gasteiger partial charge in [-0.25, -0.2) is 8.42 Å². The molecule has 1 aromatic heterocycles. The van der Waals surface area contributed by atoms with Crippen LogP contribution >= 0.6 is 11.3 Å². The lowest BCUT2D eigenvalue weighted by Gasteiger charge is -2.07. The molecule has 0 aliphatic carbocycles. The maximum Gasteiger partial charge on any atom is 0.183 e. The molecule has 3 N–H and O–H groups in total. The minimum atomic E-state index is -3.42. The average molecular weight is 301 g/mol. The van der Waals surface area contributed by atoms with Crippen LogP contribution in [-0.4, -0.2) is 20.7 Å². The third kappa shape index (κ3) is 3.61. The Morgan fingerprint density at radius 2 is 2.05 bits per heavy atom. The second-order valence-corrected chi connectivity index (χ2v) is 7.39. The van der Waals surface area contributed by atoms with Gasteiger partial charge in [-0.15, -0.1) is 11.3 Å². The van der Waals surface area contributed by atoms with Crippen molar-refractivity contribution in [1.82, 2.24) is 0 Å². The van der Waals surface area contributed by atoms with Gasteiger partial charge in [-0.1, -0.05) is 26.7 Å². The van der Waals surface area contributed by atoms with E-state index in [4.69, 9.17) is 11.0 Å². The first-order valence-electron chi connectivity index (χ1n) is 6.26. The van der Waals surface area contributed by atoms with Gasteiger partial charge >= 0.3 is 0 Å². The molecule has 0 bridgehead atoms. The van der Waals surface area contributed by atoms with E-state index in [0.717, 1.165) is 30.6 Å². The predicted octanol–water partition coefficient (Wildman–Crippen LogP) is 2.60. The fourth-order valence-electron chi connectivity index (χ4n) is 1.66. The molecule has 0 amide bonds. The van der Waals surface area contributed by atoms with E-state index in [0.29, 0.717) is 11.5 Å². The van der Waals surface area contributed by atoms with E-state index in [1.54, 1.807) is 6.92 Å². The molecule has 0 unspecified atom stereocenters. The van der Waals surface area contributed by atoms with E-state index in [1.165, 1.54) is 0 Å². The summed E-state index contributed by atoms with van der Waals surface area (Å²) in [5.41, 5.74) is 5.85. The molecule has 0 aliphatic rings. The Hall–Kier alpha value is -1.26. The summed E-state index contributed by atoms with van der Waals surface area (Å²) < 4.78 is 24.1. The molecule has 0 saturated carbocycles. The highest BCUT2D eigenvalue weighted by atomic mass is 32.2. The molecule has 0 fully saturated rings. The fourth-order valence-corrected chi connectivity index (χ4v) is 4.15. The molecular formula is C12H19N3O2S2. The Morgan fingerprint density at radius 1 is 1.37 bits per heavy atom. The van der Waals surface area contributed by atoms with Gasteiger partial charge in [0.15, 0.2) is 9.84 Å². The van der Waals surface area contributed by atoms with Gasteiger partial charge in [-0.2, -0.15) is 5.26 Å². The maximum atomic E-state index is 12.0. The van der Waals surface area contributed by atoms with Crippen molar-refractivity contribution in [2.24, 2.45) is 0 Å². The molecule has 1 heterocycles. The van der Waals surface area contributed by atoms with Crippen LogP contribution < -0.4 is 11.1 Å². The van der Waals surface area contributed by atoms with Crippen molar-refractivity contribution in [1.29, 1.82) is 5.26 Å². The Kier molecular flexibility index (Phi) is 5.63. The number of sulfone groups is 1. The number of nitrogens with two attached hydrogens (primary N) is 1. The number of nitrogen functional groups attached to an aromatic ring is 1. The second-order valence-electron chi connectivity index (χ2n) is 4.15. The van der Waals surface area contributed by atoms with Crippen LogP contribution in [0.2, 0.25) is 0 Å². The summed E-state index contributed by atoms with van der Waals surface area (Å²) in [5.74, 6) is -0.0254. The molecule has 106 valence electrons. The van der Waals surface area contributed by atoms with E-state index in [-0.39, 0.29) is 21.2 Å². The van der Waals surface area contributed by atoms with Crippen molar-refractivity contribution in [2.75, 3.05) is 23.3 Å². The van der Waals surface area contributed by atoms with Crippen molar-refractivity contribution in [3.8, 4) is 6.07 Å². The van der Waals surface area contributed by atoms with Crippen molar-refractivity contribution < 1.29 is 8.42 Å². The number of nitrogens with zero attached hydrogens (tertiary/aromatic N) is 1. The zero-order valence-corrected chi connectivity index (χ0v) is 12.8. The molecule has 0 radical (unpaired) electrons. The molecule has 0 aromatic carbocycles. The zero-order valence-electron chi connectivity index (χ0n) is 11.2. The molecule has 1 rings (SSSR count). The van der Waals surface area contributed by atoms with Crippen LogP contribution in [0.1, 0.15) is 38.0 Å². The number of hydrogen-bond donors (Lipinski definition) is 2. The quantitative estimate of drug-likeness (QED) is 0.755. The SMILES string of the molecule is CCCCCNc1sc(C#N)c(N)c1S(=O)(=O)CC. The van der Waals surface area contributed by atoms with E-state index >= 15 is 0 Å². The highest BCUT2D eigenvalue weighted by Gasteiger charge is 2.25. The summed E-state index contributed by atoms with van der Waals surface area (Å²) in [4.78, 5) is 0.345. The lowest BCUT2D eigenvalue weighted by molar-refractivity contribution is 0.598. The Morgan fingerprint density at radius 3 is 2.58 bits per heavy atom. The van der Waals surface area contributed by atoms with Crippen molar-refractivity contribution >= 4 is 31.9 Å². The molecule has 7 heteroatoms. The maximum absolute atomic E-state index is 12.0. The third-order valence-corrected chi connectivity index (χ3v) is 5.76. The first-order valence-corrected chi connectivity index (χ1v) is 8.73. The van der Waals surface area contributed by atoms with Gasteiger partial charge in [0.1, 0.15) is 20.8 Å². The fraction of sp³-hybridized carbons (Fsp3) is 0.583. The van der Waals surface area contributed by atoms with Crippen LogP contribution in [0, 0.1) is 11.3 Å². The number of hydrogen-bond acceptors (Lipinski definition) is 6. The lowest BCUT2D eigenvalue weighted by atomic mass is 10.2. The van der Waals surface area contributed by atoms with Crippen LogP contribution in [-0.2, 0) is 9.84 Å². The van der Waals surface area contributed by atoms with Gasteiger partial charge in [-0.05, 0) is 6.42 Å². The van der Waals surface area contributed by atoms with Gasteiger partial charge < -0.3 is 11.1 Å². The summed E-state index contributed by atoms with van der Waals surface area (Å²) >= 11 is 1.11. The van der Waals surface area contributed by atoms with Crippen molar-refractivity contribution in [2.45, 2.75) is 38.0 Å². The largest absolute Gasteiger partial charge is 0.396 e. The molecule has 0 spiro atoms. The monoisotopic (exact) mass is 301 g/mol. The van der Waals surface area contributed by atoms with Gasteiger partial charge in [0.2, 0.25) is 0 Å². The highest BCUT2D eigenvalue weighted by Crippen LogP contribution is 2.39. The van der Waals surface area contributed by atoms with Crippen LogP contribution in [0.4, 0.5) is 10.7 Å². The predicted molar refractivity (Wildman–Crippen MR) is 79.2 cm³/mol. The van der Waals surface area contributed by atoms with Gasteiger partial charge in [0, 0.05) is 6.54 Å². The Balaban J connectivity index is 3.07. The van der Waals surface area contributed by atoms with Crippen LogP contribution in [0.5, 0.6) is 0 Å². The van der Waals surface area contributed by atoms with Gasteiger partial charge in [-0.3, -0.25) is 0 Å². The van der Waals surface area contributed by atoms with E-state index in [2.05, 4.69) is 12.2 Å². The summed E-state index contributed by atoms with van der Waals surface area (Å²) in [6.07, 6.45) is 3.13. The molecule has 0 saturated heterocycles. The lowest BCUT2D eigenvalue weighted by Crippen LogP contribution is -2.09. The number of thiophene rings is 1. The topological polar surface area (TPSA) is 96.0 Å². The molecule has 1 aromatic rings. The summed E-state index contributed by atoms with van der Waals surface area (Å²) in [5, 5.41) is 12.5. The van der Waals surface area contributed by atoms with Crippen LogP contribution in [0.15, 0.2) is 4.90 Å². The average Bonchev–Trinajstić information content (AvgIpc) is 2.71. The molecule has 0 aliphatic heterocycles. The van der Waals surface area contributed by atoms with Gasteiger partial charge in [0.25, 0.3) is 0 Å². The minimum absolute atomic E-state index is 0.0254. The number of nitrogens with one attached hydrogen (secondary N) is 1. The van der Waals surface area contributed by atoms with E-state index in [1.807, 2.05) is 6.07 Å². The second kappa shape index (κ2) is 6.78. The Bertz CT molecular complexity index is 571. The van der Waals surface area contributed by atoms with Crippen LogP contribution in [0.25, 0.3) is 0 Å². The molecule has 19 heavy (non-hydrogen) atoms.